The van der Waals surface area contributed by atoms with Gasteiger partial charge in [-0.3, -0.25) is 4.40 Å². The predicted octanol–water partition coefficient (Wildman–Crippen LogP) is 1.42. The van der Waals surface area contributed by atoms with Gasteiger partial charge >= 0.3 is 0 Å². The Hall–Kier alpha value is -0.870. The van der Waals surface area contributed by atoms with E-state index in [0.717, 1.165) is 10.7 Å². The zero-order chi connectivity index (χ0) is 7.84. The van der Waals surface area contributed by atoms with Crippen LogP contribution in [0.1, 0.15) is 18.8 Å². The Labute approximate surface area is 68.5 Å². The highest BCUT2D eigenvalue weighted by molar-refractivity contribution is 7.15. The van der Waals surface area contributed by atoms with Crippen LogP contribution in [-0.4, -0.2) is 9.38 Å². The minimum absolute atomic E-state index is 0.00657. The van der Waals surface area contributed by atoms with Crippen LogP contribution in [0.2, 0.25) is 0 Å². The van der Waals surface area contributed by atoms with Gasteiger partial charge in [-0.05, 0) is 6.92 Å². The standard InChI is InChI=1S/C7H9N3S/c1-5(8)7-9-4-6-10(7)2-3-11-6/h2-5H,8H2,1H3/t5-/m0/s1. The molecule has 0 saturated heterocycles. The average molecular weight is 167 g/mol. The summed E-state index contributed by atoms with van der Waals surface area (Å²) in [6.07, 6.45) is 3.84. The molecule has 4 heteroatoms. The molecule has 0 aliphatic heterocycles. The molecule has 2 N–H and O–H groups in total. The van der Waals surface area contributed by atoms with Gasteiger partial charge in [0.15, 0.2) is 0 Å². The van der Waals surface area contributed by atoms with Gasteiger partial charge in [-0.2, -0.15) is 0 Å². The quantitative estimate of drug-likeness (QED) is 0.698. The van der Waals surface area contributed by atoms with Gasteiger partial charge in [-0.25, -0.2) is 4.98 Å². The van der Waals surface area contributed by atoms with Gasteiger partial charge in [0.1, 0.15) is 10.7 Å². The fourth-order valence-electron chi connectivity index (χ4n) is 1.09. The molecule has 0 radical (unpaired) electrons. The molecule has 0 fully saturated rings. The number of imidazole rings is 1. The fourth-order valence-corrected chi connectivity index (χ4v) is 1.80. The van der Waals surface area contributed by atoms with E-state index in [1.165, 1.54) is 0 Å². The Bertz CT molecular complexity index is 360. The minimum Gasteiger partial charge on any atom is -0.322 e. The van der Waals surface area contributed by atoms with E-state index in [0.29, 0.717) is 0 Å². The van der Waals surface area contributed by atoms with Crippen LogP contribution in [0, 0.1) is 0 Å². The van der Waals surface area contributed by atoms with E-state index in [9.17, 15) is 0 Å². The molecule has 0 aliphatic carbocycles. The lowest BCUT2D eigenvalue weighted by atomic mass is 10.3. The van der Waals surface area contributed by atoms with Crippen molar-refractivity contribution in [3.8, 4) is 0 Å². The maximum absolute atomic E-state index is 5.70. The Morgan fingerprint density at radius 3 is 3.27 bits per heavy atom. The molecule has 3 nitrogen and oxygen atoms in total. The number of fused-ring (bicyclic) bond motifs is 1. The molecule has 2 heterocycles. The zero-order valence-corrected chi connectivity index (χ0v) is 7.01. The smallest absolute Gasteiger partial charge is 0.130 e. The Kier molecular flexibility index (Phi) is 1.44. The maximum Gasteiger partial charge on any atom is 0.130 e. The third-order valence-corrected chi connectivity index (χ3v) is 2.40. The van der Waals surface area contributed by atoms with Crippen LogP contribution in [0.5, 0.6) is 0 Å². The summed E-state index contributed by atoms with van der Waals surface area (Å²) in [5, 5.41) is 2.03. The summed E-state index contributed by atoms with van der Waals surface area (Å²) in [5.74, 6) is 0.932. The second-order valence-electron chi connectivity index (χ2n) is 2.52. The van der Waals surface area contributed by atoms with Crippen molar-refractivity contribution < 1.29 is 0 Å². The van der Waals surface area contributed by atoms with Crippen molar-refractivity contribution >= 4 is 16.2 Å². The molecule has 0 unspecified atom stereocenters. The van der Waals surface area contributed by atoms with E-state index in [1.54, 1.807) is 11.3 Å². The number of nitrogens with zero attached hydrogens (tertiary/aromatic N) is 2. The predicted molar refractivity (Wildman–Crippen MR) is 45.7 cm³/mol. The highest BCUT2D eigenvalue weighted by atomic mass is 32.1. The van der Waals surface area contributed by atoms with E-state index in [2.05, 4.69) is 4.98 Å². The van der Waals surface area contributed by atoms with Crippen molar-refractivity contribution in [3.63, 3.8) is 0 Å². The van der Waals surface area contributed by atoms with Gasteiger partial charge in [0.25, 0.3) is 0 Å². The van der Waals surface area contributed by atoms with Crippen molar-refractivity contribution in [2.45, 2.75) is 13.0 Å². The van der Waals surface area contributed by atoms with Crippen LogP contribution >= 0.6 is 11.3 Å². The number of nitrogens with two attached hydrogens (primary N) is 1. The van der Waals surface area contributed by atoms with Crippen molar-refractivity contribution in [1.82, 2.24) is 9.38 Å². The lowest BCUT2D eigenvalue weighted by Gasteiger charge is -1.99. The third-order valence-electron chi connectivity index (χ3n) is 1.60. The molecule has 2 aromatic rings. The van der Waals surface area contributed by atoms with Crippen molar-refractivity contribution in [1.29, 1.82) is 0 Å². The second kappa shape index (κ2) is 2.32. The fraction of sp³-hybridized carbons (Fsp3) is 0.286. The highest BCUT2D eigenvalue weighted by Gasteiger charge is 2.06. The van der Waals surface area contributed by atoms with Gasteiger partial charge in [0.2, 0.25) is 0 Å². The molecule has 0 spiro atoms. The van der Waals surface area contributed by atoms with E-state index >= 15 is 0 Å². The summed E-state index contributed by atoms with van der Waals surface area (Å²) < 4.78 is 2.02. The number of hydrogen-bond acceptors (Lipinski definition) is 3. The molecule has 2 aromatic heterocycles. The molecule has 2 rings (SSSR count). The summed E-state index contributed by atoms with van der Waals surface area (Å²) in [4.78, 5) is 5.35. The summed E-state index contributed by atoms with van der Waals surface area (Å²) in [7, 11) is 0. The van der Waals surface area contributed by atoms with Gasteiger partial charge in [0, 0.05) is 11.6 Å². The largest absolute Gasteiger partial charge is 0.322 e. The van der Waals surface area contributed by atoms with Crippen LogP contribution in [0.25, 0.3) is 4.83 Å². The molecule has 0 saturated carbocycles. The molecule has 58 valence electrons. The van der Waals surface area contributed by atoms with Crippen LogP contribution in [-0.2, 0) is 0 Å². The summed E-state index contributed by atoms with van der Waals surface area (Å²) in [5.41, 5.74) is 5.70. The molecule has 0 aromatic carbocycles. The highest BCUT2D eigenvalue weighted by Crippen LogP contribution is 2.16. The van der Waals surface area contributed by atoms with E-state index in [4.69, 9.17) is 5.73 Å². The van der Waals surface area contributed by atoms with E-state index < -0.39 is 0 Å². The molecule has 11 heavy (non-hydrogen) atoms. The zero-order valence-electron chi connectivity index (χ0n) is 6.19. The van der Waals surface area contributed by atoms with Crippen LogP contribution in [0.3, 0.4) is 0 Å². The monoisotopic (exact) mass is 167 g/mol. The molecule has 0 aliphatic rings. The SMILES string of the molecule is C[C@H](N)c1ncc2sccn12. The van der Waals surface area contributed by atoms with Crippen molar-refractivity contribution in [3.05, 3.63) is 23.6 Å². The molecule has 0 amide bonds. The first-order chi connectivity index (χ1) is 5.29. The maximum atomic E-state index is 5.70. The summed E-state index contributed by atoms with van der Waals surface area (Å²) >= 11 is 1.67. The number of rotatable bonds is 1. The lowest BCUT2D eigenvalue weighted by Crippen LogP contribution is -2.08. The third kappa shape index (κ3) is 0.948. The molecular formula is C7H9N3S. The first kappa shape index (κ1) is 6.82. The molecular weight excluding hydrogens is 158 g/mol. The number of thiazole rings is 1. The normalized spacial score (nSPS) is 14.0. The van der Waals surface area contributed by atoms with Crippen LogP contribution in [0.15, 0.2) is 17.8 Å². The summed E-state index contributed by atoms with van der Waals surface area (Å²) in [6, 6.07) is 0.00657. The van der Waals surface area contributed by atoms with Crippen LogP contribution in [0.4, 0.5) is 0 Å². The van der Waals surface area contributed by atoms with Gasteiger partial charge < -0.3 is 5.73 Å². The lowest BCUT2D eigenvalue weighted by molar-refractivity contribution is 0.737. The second-order valence-corrected chi connectivity index (χ2v) is 3.44. The topological polar surface area (TPSA) is 43.3 Å². The van der Waals surface area contributed by atoms with Crippen LogP contribution < -0.4 is 5.73 Å². The summed E-state index contributed by atoms with van der Waals surface area (Å²) in [6.45, 7) is 1.94. The first-order valence-electron chi connectivity index (χ1n) is 3.45. The van der Waals surface area contributed by atoms with Gasteiger partial charge in [-0.15, -0.1) is 11.3 Å². The van der Waals surface area contributed by atoms with Crippen molar-refractivity contribution in [2.75, 3.05) is 0 Å². The molecule has 0 bridgehead atoms. The Morgan fingerprint density at radius 2 is 2.55 bits per heavy atom. The number of hydrogen-bond donors (Lipinski definition) is 1. The minimum atomic E-state index is 0.00657. The van der Waals surface area contributed by atoms with Gasteiger partial charge in [0.05, 0.1) is 12.2 Å². The number of aromatic nitrogens is 2. The van der Waals surface area contributed by atoms with Crippen molar-refractivity contribution in [2.24, 2.45) is 5.73 Å². The Balaban J connectivity index is 2.68. The Morgan fingerprint density at radius 1 is 1.73 bits per heavy atom. The molecule has 1 atom stereocenters. The van der Waals surface area contributed by atoms with E-state index in [1.807, 2.05) is 29.1 Å². The van der Waals surface area contributed by atoms with Gasteiger partial charge in [-0.1, -0.05) is 0 Å². The first-order valence-corrected chi connectivity index (χ1v) is 4.33. The van der Waals surface area contributed by atoms with E-state index in [-0.39, 0.29) is 6.04 Å². The average Bonchev–Trinajstić information content (AvgIpc) is 2.41.